The van der Waals surface area contributed by atoms with E-state index in [1.165, 1.54) is 16.8 Å². The van der Waals surface area contributed by atoms with Crippen LogP contribution in [0.2, 0.25) is 5.02 Å². The number of benzene rings is 1. The summed E-state index contributed by atoms with van der Waals surface area (Å²) in [4.78, 5) is 0. The van der Waals surface area contributed by atoms with Crippen molar-refractivity contribution in [2.24, 2.45) is 7.05 Å². The molecule has 5 heteroatoms. The molecular weight excluding hydrogens is 217 g/mol. The van der Waals surface area contributed by atoms with Crippen molar-refractivity contribution in [2.75, 3.05) is 5.73 Å². The van der Waals surface area contributed by atoms with E-state index in [0.29, 0.717) is 22.0 Å². The average molecular weight is 226 g/mol. The van der Waals surface area contributed by atoms with Gasteiger partial charge in [-0.1, -0.05) is 11.6 Å². The van der Waals surface area contributed by atoms with Gasteiger partial charge in [-0.15, -0.1) is 0 Å². The molecule has 1 heterocycles. The Morgan fingerprint density at radius 3 is 2.67 bits per heavy atom. The van der Waals surface area contributed by atoms with Gasteiger partial charge in [0.2, 0.25) is 0 Å². The number of halogens is 2. The van der Waals surface area contributed by atoms with Crippen molar-refractivity contribution in [1.29, 1.82) is 0 Å². The Morgan fingerprint density at radius 2 is 2.13 bits per heavy atom. The van der Waals surface area contributed by atoms with Crippen molar-refractivity contribution in [3.63, 3.8) is 0 Å². The molecule has 0 saturated carbocycles. The van der Waals surface area contributed by atoms with E-state index in [2.05, 4.69) is 5.10 Å². The minimum Gasteiger partial charge on any atom is -0.383 e. The Kier molecular flexibility index (Phi) is 2.36. The second-order valence-corrected chi connectivity index (χ2v) is 3.66. The number of aryl methyl sites for hydroxylation is 1. The van der Waals surface area contributed by atoms with Crippen molar-refractivity contribution in [3.8, 4) is 11.1 Å². The number of nitrogens with zero attached hydrogens (tertiary/aromatic N) is 2. The normalized spacial score (nSPS) is 10.6. The van der Waals surface area contributed by atoms with Crippen LogP contribution in [0.3, 0.4) is 0 Å². The van der Waals surface area contributed by atoms with Crippen molar-refractivity contribution in [2.45, 2.75) is 0 Å². The fourth-order valence-electron chi connectivity index (χ4n) is 1.38. The van der Waals surface area contributed by atoms with E-state index in [1.54, 1.807) is 19.3 Å². The van der Waals surface area contributed by atoms with E-state index >= 15 is 0 Å². The predicted octanol–water partition coefficient (Wildman–Crippen LogP) is 2.46. The van der Waals surface area contributed by atoms with E-state index in [1.807, 2.05) is 0 Å². The molecule has 2 aromatic rings. The lowest BCUT2D eigenvalue weighted by molar-refractivity contribution is 0.628. The molecule has 1 aromatic carbocycles. The van der Waals surface area contributed by atoms with E-state index in [9.17, 15) is 4.39 Å². The largest absolute Gasteiger partial charge is 0.383 e. The number of aromatic nitrogens is 2. The Bertz CT molecular complexity index is 487. The minimum atomic E-state index is -0.388. The zero-order valence-corrected chi connectivity index (χ0v) is 8.79. The molecule has 0 aliphatic heterocycles. The zero-order chi connectivity index (χ0) is 11.0. The molecular formula is C10H9ClFN3. The van der Waals surface area contributed by atoms with Crippen LogP contribution < -0.4 is 5.73 Å². The summed E-state index contributed by atoms with van der Waals surface area (Å²) in [5.74, 6) is 0.0948. The molecule has 78 valence electrons. The Hall–Kier alpha value is -1.55. The SMILES string of the molecule is Cn1ncc(-c2cc(F)cc(Cl)c2)c1N. The quantitative estimate of drug-likeness (QED) is 0.810. The third kappa shape index (κ3) is 1.80. The number of nitrogen functional groups attached to an aromatic ring is 1. The third-order valence-corrected chi connectivity index (χ3v) is 2.38. The fourth-order valence-corrected chi connectivity index (χ4v) is 1.60. The highest BCUT2D eigenvalue weighted by molar-refractivity contribution is 6.30. The standard InChI is InChI=1S/C10H9ClFN3/c1-15-10(13)9(5-14-15)6-2-7(11)4-8(12)3-6/h2-5H,13H2,1H3. The van der Waals surface area contributed by atoms with Gasteiger partial charge >= 0.3 is 0 Å². The highest BCUT2D eigenvalue weighted by atomic mass is 35.5. The fraction of sp³-hybridized carbons (Fsp3) is 0.100. The lowest BCUT2D eigenvalue weighted by Gasteiger charge is -2.01. The maximum absolute atomic E-state index is 13.1. The van der Waals surface area contributed by atoms with Crippen LogP contribution in [0, 0.1) is 5.82 Å². The second-order valence-electron chi connectivity index (χ2n) is 3.23. The van der Waals surface area contributed by atoms with E-state index in [0.717, 1.165) is 0 Å². The summed E-state index contributed by atoms with van der Waals surface area (Å²) in [7, 11) is 1.72. The van der Waals surface area contributed by atoms with Crippen LogP contribution in [0.25, 0.3) is 11.1 Å². The van der Waals surface area contributed by atoms with Crippen LogP contribution >= 0.6 is 11.6 Å². The van der Waals surface area contributed by atoms with Crippen molar-refractivity contribution in [3.05, 3.63) is 35.2 Å². The summed E-state index contributed by atoms with van der Waals surface area (Å²) >= 11 is 5.75. The van der Waals surface area contributed by atoms with Gasteiger partial charge < -0.3 is 5.73 Å². The maximum Gasteiger partial charge on any atom is 0.129 e. The number of hydrogen-bond acceptors (Lipinski definition) is 2. The monoisotopic (exact) mass is 225 g/mol. The molecule has 0 amide bonds. The van der Waals surface area contributed by atoms with E-state index in [4.69, 9.17) is 17.3 Å². The molecule has 0 aliphatic rings. The van der Waals surface area contributed by atoms with Gasteiger partial charge in [0.15, 0.2) is 0 Å². The van der Waals surface area contributed by atoms with Crippen LogP contribution in [0.5, 0.6) is 0 Å². The average Bonchev–Trinajstić information content (AvgIpc) is 2.46. The van der Waals surface area contributed by atoms with Crippen LogP contribution in [-0.4, -0.2) is 9.78 Å². The summed E-state index contributed by atoms with van der Waals surface area (Å²) in [5, 5.41) is 4.32. The zero-order valence-electron chi connectivity index (χ0n) is 8.04. The molecule has 0 atom stereocenters. The van der Waals surface area contributed by atoms with Gasteiger partial charge in [-0.3, -0.25) is 4.68 Å². The van der Waals surface area contributed by atoms with Gasteiger partial charge in [-0.2, -0.15) is 5.10 Å². The lowest BCUT2D eigenvalue weighted by atomic mass is 10.1. The molecule has 3 nitrogen and oxygen atoms in total. The number of rotatable bonds is 1. The third-order valence-electron chi connectivity index (χ3n) is 2.16. The topological polar surface area (TPSA) is 43.8 Å². The number of nitrogens with two attached hydrogens (primary N) is 1. The van der Waals surface area contributed by atoms with Crippen LogP contribution in [0.15, 0.2) is 24.4 Å². The molecule has 0 aliphatic carbocycles. The first-order chi connectivity index (χ1) is 7.08. The summed E-state index contributed by atoms with van der Waals surface area (Å²) in [6, 6.07) is 4.27. The molecule has 2 N–H and O–H groups in total. The van der Waals surface area contributed by atoms with Gasteiger partial charge in [0.1, 0.15) is 11.6 Å². The van der Waals surface area contributed by atoms with Crippen LogP contribution in [-0.2, 0) is 7.05 Å². The molecule has 0 radical (unpaired) electrons. The molecule has 0 unspecified atom stereocenters. The first kappa shape index (κ1) is 9.98. The molecule has 2 rings (SSSR count). The minimum absolute atomic E-state index is 0.341. The Morgan fingerprint density at radius 1 is 1.40 bits per heavy atom. The molecule has 0 bridgehead atoms. The van der Waals surface area contributed by atoms with Gasteiger partial charge in [-0.05, 0) is 23.8 Å². The maximum atomic E-state index is 13.1. The summed E-state index contributed by atoms with van der Waals surface area (Å²) in [6.45, 7) is 0. The van der Waals surface area contributed by atoms with Crippen molar-refractivity contribution < 1.29 is 4.39 Å². The van der Waals surface area contributed by atoms with Gasteiger partial charge in [0.05, 0.1) is 6.20 Å². The molecule has 0 fully saturated rings. The summed E-state index contributed by atoms with van der Waals surface area (Å²) < 4.78 is 14.6. The Labute approximate surface area is 91.3 Å². The summed E-state index contributed by atoms with van der Waals surface area (Å²) in [5.41, 5.74) is 7.08. The first-order valence-corrected chi connectivity index (χ1v) is 4.69. The van der Waals surface area contributed by atoms with Gasteiger partial charge in [0.25, 0.3) is 0 Å². The summed E-state index contributed by atoms with van der Waals surface area (Å²) in [6.07, 6.45) is 1.58. The van der Waals surface area contributed by atoms with E-state index < -0.39 is 0 Å². The Balaban J connectivity index is 2.58. The van der Waals surface area contributed by atoms with Gasteiger partial charge in [-0.25, -0.2) is 4.39 Å². The first-order valence-electron chi connectivity index (χ1n) is 4.32. The van der Waals surface area contributed by atoms with Crippen LogP contribution in [0.4, 0.5) is 10.2 Å². The molecule has 0 saturated heterocycles. The number of anilines is 1. The highest BCUT2D eigenvalue weighted by Crippen LogP contribution is 2.28. The number of hydrogen-bond donors (Lipinski definition) is 1. The van der Waals surface area contributed by atoms with Crippen molar-refractivity contribution in [1.82, 2.24) is 9.78 Å². The lowest BCUT2D eigenvalue weighted by Crippen LogP contribution is -1.98. The smallest absolute Gasteiger partial charge is 0.129 e. The van der Waals surface area contributed by atoms with Crippen molar-refractivity contribution >= 4 is 17.4 Å². The van der Waals surface area contributed by atoms with Gasteiger partial charge in [0, 0.05) is 17.6 Å². The second kappa shape index (κ2) is 3.55. The highest BCUT2D eigenvalue weighted by Gasteiger charge is 2.09. The predicted molar refractivity (Wildman–Crippen MR) is 58.0 cm³/mol. The molecule has 15 heavy (non-hydrogen) atoms. The molecule has 0 spiro atoms. The van der Waals surface area contributed by atoms with Crippen LogP contribution in [0.1, 0.15) is 0 Å². The van der Waals surface area contributed by atoms with E-state index in [-0.39, 0.29) is 5.82 Å². The molecule has 1 aromatic heterocycles.